The van der Waals surface area contributed by atoms with Crippen LogP contribution in [0.2, 0.25) is 0 Å². The van der Waals surface area contributed by atoms with E-state index in [1.54, 1.807) is 12.1 Å². The Balaban J connectivity index is 1.14. The first-order valence-corrected chi connectivity index (χ1v) is 33.2. The quantitative estimate of drug-likeness (QED) is 0.0690. The standard InChI is InChI=1S/C76H78N6O8/c1-5-9-13-17-27-45-49-37-51-46(28-18-14-10-6-2)53-39-55-48(30-20-16-12-8-4)56-40-54-47(29-19-15-11-7-3)52-38-50(45)64(84)42-66(52)86-72-74(80-60-34-24-22-32-58(60)78-72)88-68(54)44-70(56)90-76-75(81-61-35-25-26-36-62(61)82-76)89-69(55)43-67(53)87-73-71(85-65(51)41-63(49)83)77-57-31-21-23-33-59(57)79-73/h21-26,31-48,83-84H,5-20,27-30H2,1-4H3. The number of hydrogen-bond donors (Lipinski definition) is 2. The number of fused-ring (bicyclic) bond motifs is 8. The number of hydrogen-bond acceptors (Lipinski definition) is 14. The molecule has 6 heterocycles. The van der Waals surface area contributed by atoms with E-state index in [1.165, 1.54) is 0 Å². The first kappa shape index (κ1) is 58.6. The average molecular weight is 1200 g/mol. The van der Waals surface area contributed by atoms with E-state index in [1.807, 2.05) is 84.9 Å². The SMILES string of the molecule is CCCCCCC1c2cc3c(cc2O)Oc2nc4ccccc4nc2Oc2cc4c(cc2C3CCCCCC)C(CCCCCC)c2cc3c(cc2Oc2nc5ccccc5nc2O4)Oc2nc4ccccc4nc2Oc2cc(O)c1cc2C3CCCCCC. The normalized spacial score (nSPS) is 16.6. The third-order valence-electron chi connectivity index (χ3n) is 18.8. The number of benzene rings is 7. The molecule has 3 aromatic heterocycles. The number of phenols is 2. The van der Waals surface area contributed by atoms with E-state index in [0.29, 0.717) is 98.0 Å². The van der Waals surface area contributed by atoms with Crippen LogP contribution in [0, 0.1) is 0 Å². The summed E-state index contributed by atoms with van der Waals surface area (Å²) in [6.45, 7) is 8.93. The van der Waals surface area contributed by atoms with Gasteiger partial charge >= 0.3 is 0 Å². The lowest BCUT2D eigenvalue weighted by atomic mass is 9.76. The average Bonchev–Trinajstić information content (AvgIpc) is 1.65. The highest BCUT2D eigenvalue weighted by Crippen LogP contribution is 2.58. The number of aromatic nitrogens is 6. The Bertz CT molecular complexity index is 4060. The summed E-state index contributed by atoms with van der Waals surface area (Å²) in [4.78, 5) is 31.0. The molecule has 4 aliphatic rings. The van der Waals surface area contributed by atoms with E-state index in [4.69, 9.17) is 58.3 Å². The molecule has 2 atom stereocenters. The summed E-state index contributed by atoms with van der Waals surface area (Å²) >= 11 is 0. The predicted molar refractivity (Wildman–Crippen MR) is 351 cm³/mol. The summed E-state index contributed by atoms with van der Waals surface area (Å²) in [7, 11) is 0. The van der Waals surface area contributed by atoms with Crippen molar-refractivity contribution in [3.8, 4) is 81.3 Å². The smallest absolute Gasteiger partial charge is 0.284 e. The van der Waals surface area contributed by atoms with Crippen LogP contribution in [0.4, 0.5) is 0 Å². The van der Waals surface area contributed by atoms with Gasteiger partial charge in [0.2, 0.25) is 0 Å². The first-order chi connectivity index (χ1) is 44.2. The molecular weight excluding hydrogens is 1120 g/mol. The molecule has 3 aliphatic heterocycles. The van der Waals surface area contributed by atoms with Gasteiger partial charge in [0.1, 0.15) is 46.0 Å². The lowest BCUT2D eigenvalue weighted by Gasteiger charge is -2.30. The number of phenolic OH excluding ortho intramolecular Hbond substituents is 2. The van der Waals surface area contributed by atoms with Crippen molar-refractivity contribution in [1.82, 2.24) is 29.9 Å². The van der Waals surface area contributed by atoms with Crippen LogP contribution < -0.4 is 28.4 Å². The number of para-hydroxylation sites is 6. The van der Waals surface area contributed by atoms with Crippen molar-refractivity contribution in [3.05, 3.63) is 166 Å². The van der Waals surface area contributed by atoms with Crippen LogP contribution in [0.5, 0.6) is 81.3 Å². The Hall–Kier alpha value is -9.04. The van der Waals surface area contributed by atoms with E-state index in [9.17, 15) is 10.2 Å². The Morgan fingerprint density at radius 2 is 0.478 bits per heavy atom. The molecule has 14 nitrogen and oxygen atoms in total. The largest absolute Gasteiger partial charge is 0.508 e. The van der Waals surface area contributed by atoms with Gasteiger partial charge in [-0.3, -0.25) is 0 Å². The van der Waals surface area contributed by atoms with Crippen molar-refractivity contribution in [1.29, 1.82) is 0 Å². The van der Waals surface area contributed by atoms with Crippen LogP contribution >= 0.6 is 0 Å². The van der Waals surface area contributed by atoms with Gasteiger partial charge in [-0.2, -0.15) is 0 Å². The zero-order chi connectivity index (χ0) is 61.2. The van der Waals surface area contributed by atoms with Gasteiger partial charge in [0.05, 0.1) is 33.1 Å². The summed E-state index contributed by atoms with van der Waals surface area (Å²) in [5.74, 6) is 2.49. The van der Waals surface area contributed by atoms with Crippen LogP contribution in [0.1, 0.15) is 224 Å². The van der Waals surface area contributed by atoms with Gasteiger partial charge < -0.3 is 38.6 Å². The second-order valence-corrected chi connectivity index (χ2v) is 24.9. The molecule has 0 radical (unpaired) electrons. The monoisotopic (exact) mass is 1200 g/mol. The Morgan fingerprint density at radius 1 is 0.267 bits per heavy atom. The molecule has 90 heavy (non-hydrogen) atoms. The van der Waals surface area contributed by atoms with Gasteiger partial charge in [-0.25, -0.2) is 29.9 Å². The fourth-order valence-electron chi connectivity index (χ4n) is 14.1. The van der Waals surface area contributed by atoms with E-state index < -0.39 is 5.92 Å². The van der Waals surface area contributed by atoms with Crippen LogP contribution in [0.15, 0.2) is 121 Å². The Labute approximate surface area is 526 Å². The fraction of sp³-hybridized carbons (Fsp3) is 0.368. The number of ether oxygens (including phenoxy) is 6. The minimum absolute atomic E-state index is 0.0420. The molecule has 0 spiro atoms. The minimum atomic E-state index is -0.487. The van der Waals surface area contributed by atoms with Gasteiger partial charge in [-0.15, -0.1) is 0 Å². The maximum atomic E-state index is 13.0. The van der Waals surface area contributed by atoms with Gasteiger partial charge in [-0.05, 0) is 86.3 Å². The minimum Gasteiger partial charge on any atom is -0.508 e. The van der Waals surface area contributed by atoms with Crippen molar-refractivity contribution in [2.45, 2.75) is 180 Å². The molecule has 2 N–H and O–H groups in total. The number of aromatic hydroxyl groups is 2. The molecule has 14 heteroatoms. The van der Waals surface area contributed by atoms with Crippen molar-refractivity contribution in [3.63, 3.8) is 0 Å². The highest BCUT2D eigenvalue weighted by Gasteiger charge is 2.39. The Morgan fingerprint density at radius 3 is 0.711 bits per heavy atom. The highest BCUT2D eigenvalue weighted by atomic mass is 16.6. The molecular formula is C76H78N6O8. The van der Waals surface area contributed by atoms with Gasteiger partial charge in [0, 0.05) is 92.4 Å². The topological polar surface area (TPSA) is 173 Å². The molecule has 8 bridgehead atoms. The zero-order valence-electron chi connectivity index (χ0n) is 52.0. The summed E-state index contributed by atoms with van der Waals surface area (Å²) < 4.78 is 43.6. The maximum absolute atomic E-state index is 13.0. The van der Waals surface area contributed by atoms with Gasteiger partial charge in [-0.1, -0.05) is 167 Å². The molecule has 2 unspecified atom stereocenters. The van der Waals surface area contributed by atoms with Crippen molar-refractivity contribution in [2.24, 2.45) is 0 Å². The molecule has 0 fully saturated rings. The fourth-order valence-corrected chi connectivity index (χ4v) is 14.1. The van der Waals surface area contributed by atoms with E-state index in [2.05, 4.69) is 52.0 Å². The van der Waals surface area contributed by atoms with E-state index >= 15 is 0 Å². The first-order valence-electron chi connectivity index (χ1n) is 33.2. The lowest BCUT2D eigenvalue weighted by Crippen LogP contribution is -2.13. The van der Waals surface area contributed by atoms with Crippen LogP contribution in [-0.2, 0) is 0 Å². The van der Waals surface area contributed by atoms with Gasteiger partial charge in [0.25, 0.3) is 35.3 Å². The molecule has 7 aromatic carbocycles. The zero-order valence-corrected chi connectivity index (χ0v) is 52.0. The number of rotatable bonds is 20. The van der Waals surface area contributed by atoms with Gasteiger partial charge in [0.15, 0.2) is 0 Å². The van der Waals surface area contributed by atoms with Crippen LogP contribution in [-0.4, -0.2) is 40.1 Å². The maximum Gasteiger partial charge on any atom is 0.284 e. The summed E-state index contributed by atoms with van der Waals surface area (Å²) in [5.41, 5.74) is 10.5. The van der Waals surface area contributed by atoms with Crippen LogP contribution in [0.3, 0.4) is 0 Å². The third kappa shape index (κ3) is 11.5. The molecule has 0 amide bonds. The number of nitrogens with zero attached hydrogens (tertiary/aromatic N) is 6. The third-order valence-corrected chi connectivity index (χ3v) is 18.8. The molecule has 0 saturated carbocycles. The second-order valence-electron chi connectivity index (χ2n) is 24.9. The molecule has 0 saturated heterocycles. The van der Waals surface area contributed by atoms with Crippen molar-refractivity contribution >= 4 is 33.1 Å². The van der Waals surface area contributed by atoms with Crippen LogP contribution in [0.25, 0.3) is 33.1 Å². The predicted octanol–water partition coefficient (Wildman–Crippen LogP) is 21.3. The van der Waals surface area contributed by atoms with E-state index in [-0.39, 0.29) is 64.5 Å². The highest BCUT2D eigenvalue weighted by molar-refractivity contribution is 5.78. The molecule has 14 rings (SSSR count). The van der Waals surface area contributed by atoms with E-state index in [0.717, 1.165) is 143 Å². The van der Waals surface area contributed by atoms with Crippen molar-refractivity contribution in [2.75, 3.05) is 0 Å². The molecule has 460 valence electrons. The molecule has 10 aromatic rings. The molecule has 1 aliphatic carbocycles. The second kappa shape index (κ2) is 25.8. The number of unbranched alkanes of at least 4 members (excludes halogenated alkanes) is 12. The lowest BCUT2D eigenvalue weighted by molar-refractivity contribution is 0.381. The summed E-state index contributed by atoms with van der Waals surface area (Å²) in [6, 6.07) is 39.6. The van der Waals surface area contributed by atoms with Crippen molar-refractivity contribution < 1.29 is 38.6 Å². The Kier molecular flexibility index (Phi) is 16.8. The summed E-state index contributed by atoms with van der Waals surface area (Å²) in [6.07, 6.45) is 18.8. The summed E-state index contributed by atoms with van der Waals surface area (Å²) in [5, 5.41) is 26.1.